The van der Waals surface area contributed by atoms with Crippen LogP contribution in [0.15, 0.2) is 24.3 Å². The van der Waals surface area contributed by atoms with E-state index in [1.807, 2.05) is 0 Å². The minimum absolute atomic E-state index is 0.0322. The molecule has 17 heavy (non-hydrogen) atoms. The molecule has 0 fully saturated rings. The van der Waals surface area contributed by atoms with Crippen molar-refractivity contribution < 1.29 is 22.3 Å². The lowest BCUT2D eigenvalue weighted by molar-refractivity contribution is -0.141. The van der Waals surface area contributed by atoms with Crippen LogP contribution in [0.25, 0.3) is 0 Å². The third-order valence-corrected chi connectivity index (χ3v) is 3.17. The normalized spacial score (nSPS) is 13.1. The van der Waals surface area contributed by atoms with Crippen LogP contribution in [0.2, 0.25) is 0 Å². The van der Waals surface area contributed by atoms with Gasteiger partial charge in [-0.25, -0.2) is 12.8 Å². The number of sulfone groups is 1. The summed E-state index contributed by atoms with van der Waals surface area (Å²) in [6.07, 6.45) is 0.990. The minimum atomic E-state index is -3.41. The molecular formula is C11H13FO4S. The third kappa shape index (κ3) is 3.81. The van der Waals surface area contributed by atoms with Gasteiger partial charge in [0, 0.05) is 11.8 Å². The number of ether oxygens (including phenoxy) is 1. The van der Waals surface area contributed by atoms with E-state index >= 15 is 0 Å². The summed E-state index contributed by atoms with van der Waals surface area (Å²) in [5, 5.41) is 0. The number of hydrogen-bond acceptors (Lipinski definition) is 4. The van der Waals surface area contributed by atoms with E-state index < -0.39 is 33.3 Å². The Balaban J connectivity index is 3.16. The van der Waals surface area contributed by atoms with Gasteiger partial charge in [-0.1, -0.05) is 18.2 Å². The smallest absolute Gasteiger partial charge is 0.314 e. The fraction of sp³-hybridized carbons (Fsp3) is 0.364. The van der Waals surface area contributed by atoms with Crippen LogP contribution >= 0.6 is 0 Å². The maximum Gasteiger partial charge on any atom is 0.314 e. The Hall–Kier alpha value is -1.43. The Morgan fingerprint density at radius 2 is 2.00 bits per heavy atom. The maximum atomic E-state index is 13.5. The van der Waals surface area contributed by atoms with E-state index in [4.69, 9.17) is 0 Å². The largest absolute Gasteiger partial charge is 0.469 e. The van der Waals surface area contributed by atoms with Crippen LogP contribution in [0.4, 0.5) is 4.39 Å². The molecule has 0 aliphatic heterocycles. The fourth-order valence-corrected chi connectivity index (χ4v) is 2.41. The van der Waals surface area contributed by atoms with E-state index in [2.05, 4.69) is 4.74 Å². The van der Waals surface area contributed by atoms with E-state index in [1.165, 1.54) is 24.3 Å². The highest BCUT2D eigenvalue weighted by molar-refractivity contribution is 7.90. The maximum absolute atomic E-state index is 13.5. The lowest BCUT2D eigenvalue weighted by Gasteiger charge is -2.14. The van der Waals surface area contributed by atoms with Gasteiger partial charge in [0.2, 0.25) is 0 Å². The number of rotatable bonds is 4. The van der Waals surface area contributed by atoms with E-state index in [0.29, 0.717) is 0 Å². The van der Waals surface area contributed by atoms with Gasteiger partial charge < -0.3 is 4.74 Å². The molecule has 1 aromatic carbocycles. The molecule has 0 aromatic heterocycles. The van der Waals surface area contributed by atoms with Crippen molar-refractivity contribution in [2.45, 2.75) is 5.92 Å². The molecule has 0 N–H and O–H groups in total. The van der Waals surface area contributed by atoms with Gasteiger partial charge in [0.05, 0.1) is 18.8 Å². The van der Waals surface area contributed by atoms with Crippen LogP contribution in [-0.4, -0.2) is 33.5 Å². The van der Waals surface area contributed by atoms with Gasteiger partial charge in [-0.05, 0) is 6.07 Å². The van der Waals surface area contributed by atoms with Crippen molar-refractivity contribution >= 4 is 15.8 Å². The molecule has 0 radical (unpaired) electrons. The Labute approximate surface area is 99.3 Å². The van der Waals surface area contributed by atoms with E-state index in [0.717, 1.165) is 13.4 Å². The van der Waals surface area contributed by atoms with Crippen LogP contribution in [0.1, 0.15) is 11.5 Å². The highest BCUT2D eigenvalue weighted by Crippen LogP contribution is 2.22. The van der Waals surface area contributed by atoms with Gasteiger partial charge in [0.15, 0.2) is 0 Å². The van der Waals surface area contributed by atoms with Gasteiger partial charge in [0.1, 0.15) is 15.7 Å². The first-order chi connectivity index (χ1) is 7.85. The molecule has 0 saturated heterocycles. The summed E-state index contributed by atoms with van der Waals surface area (Å²) in [6, 6.07) is 5.56. The minimum Gasteiger partial charge on any atom is -0.469 e. The second-order valence-corrected chi connectivity index (χ2v) is 5.87. The molecule has 0 spiro atoms. The molecule has 0 aliphatic rings. The molecule has 0 bridgehead atoms. The molecule has 6 heteroatoms. The molecule has 0 aliphatic carbocycles. The van der Waals surface area contributed by atoms with Crippen molar-refractivity contribution in [3.63, 3.8) is 0 Å². The highest BCUT2D eigenvalue weighted by Gasteiger charge is 2.28. The second-order valence-electron chi connectivity index (χ2n) is 3.69. The second kappa shape index (κ2) is 5.27. The molecule has 0 amide bonds. The van der Waals surface area contributed by atoms with Gasteiger partial charge >= 0.3 is 5.97 Å². The zero-order valence-corrected chi connectivity index (χ0v) is 10.3. The molecule has 4 nitrogen and oxygen atoms in total. The van der Waals surface area contributed by atoms with Gasteiger partial charge in [-0.15, -0.1) is 0 Å². The zero-order chi connectivity index (χ0) is 13.1. The predicted octanol–water partition coefficient (Wildman–Crippen LogP) is 1.13. The zero-order valence-electron chi connectivity index (χ0n) is 9.51. The third-order valence-electron chi connectivity index (χ3n) is 2.24. The van der Waals surface area contributed by atoms with Gasteiger partial charge in [0.25, 0.3) is 0 Å². The number of benzene rings is 1. The monoisotopic (exact) mass is 260 g/mol. The van der Waals surface area contributed by atoms with Crippen molar-refractivity contribution in [3.05, 3.63) is 35.6 Å². The molecular weight excluding hydrogens is 247 g/mol. The van der Waals surface area contributed by atoms with Gasteiger partial charge in [-0.3, -0.25) is 4.79 Å². The lowest BCUT2D eigenvalue weighted by Crippen LogP contribution is -2.23. The summed E-state index contributed by atoms with van der Waals surface area (Å²) in [5.74, 6) is -2.98. The summed E-state index contributed by atoms with van der Waals surface area (Å²) in [7, 11) is -2.27. The Bertz CT molecular complexity index is 510. The lowest BCUT2D eigenvalue weighted by atomic mass is 10.0. The van der Waals surface area contributed by atoms with Crippen LogP contribution in [0, 0.1) is 5.82 Å². The SMILES string of the molecule is COC(=O)C(CS(C)(=O)=O)c1ccccc1F. The van der Waals surface area contributed by atoms with E-state index in [9.17, 15) is 17.6 Å². The Kier molecular flexibility index (Phi) is 4.22. The molecule has 94 valence electrons. The first kappa shape index (κ1) is 13.6. The van der Waals surface area contributed by atoms with Crippen LogP contribution < -0.4 is 0 Å². The summed E-state index contributed by atoms with van der Waals surface area (Å²) in [4.78, 5) is 11.5. The number of esters is 1. The highest BCUT2D eigenvalue weighted by atomic mass is 32.2. The molecule has 1 rings (SSSR count). The summed E-state index contributed by atoms with van der Waals surface area (Å²) >= 11 is 0. The first-order valence-electron chi connectivity index (χ1n) is 4.85. The van der Waals surface area contributed by atoms with Gasteiger partial charge in [-0.2, -0.15) is 0 Å². The van der Waals surface area contributed by atoms with Crippen molar-refractivity contribution in [2.24, 2.45) is 0 Å². The molecule has 1 unspecified atom stereocenters. The van der Waals surface area contributed by atoms with Crippen LogP contribution in [-0.2, 0) is 19.4 Å². The molecule has 0 heterocycles. The average molecular weight is 260 g/mol. The van der Waals surface area contributed by atoms with Crippen molar-refractivity contribution in [1.82, 2.24) is 0 Å². The summed E-state index contributed by atoms with van der Waals surface area (Å²) in [5.41, 5.74) is 0.0322. The molecule has 1 atom stereocenters. The topological polar surface area (TPSA) is 60.4 Å². The van der Waals surface area contributed by atoms with Crippen molar-refractivity contribution in [1.29, 1.82) is 0 Å². The Morgan fingerprint density at radius 1 is 1.41 bits per heavy atom. The fourth-order valence-electron chi connectivity index (χ4n) is 1.49. The van der Waals surface area contributed by atoms with Crippen molar-refractivity contribution in [2.75, 3.05) is 19.1 Å². The first-order valence-corrected chi connectivity index (χ1v) is 6.91. The van der Waals surface area contributed by atoms with Crippen LogP contribution in [0.3, 0.4) is 0 Å². The summed E-state index contributed by atoms with van der Waals surface area (Å²) in [6.45, 7) is 0. The number of methoxy groups -OCH3 is 1. The molecule has 1 aromatic rings. The van der Waals surface area contributed by atoms with Crippen molar-refractivity contribution in [3.8, 4) is 0 Å². The number of carbonyl (C=O) groups is 1. The Morgan fingerprint density at radius 3 is 2.47 bits per heavy atom. The van der Waals surface area contributed by atoms with Crippen LogP contribution in [0.5, 0.6) is 0 Å². The standard InChI is InChI=1S/C11H13FO4S/c1-16-11(13)9(7-17(2,14)15)8-5-3-4-6-10(8)12/h3-6,9H,7H2,1-2H3. The summed E-state index contributed by atoms with van der Waals surface area (Å²) < 4.78 is 40.4. The quantitative estimate of drug-likeness (QED) is 0.761. The number of carbonyl (C=O) groups excluding carboxylic acids is 1. The number of halogens is 1. The van der Waals surface area contributed by atoms with E-state index in [1.54, 1.807) is 0 Å². The van der Waals surface area contributed by atoms with E-state index in [-0.39, 0.29) is 5.56 Å². The molecule has 0 saturated carbocycles. The predicted molar refractivity (Wildman–Crippen MR) is 60.9 cm³/mol. The number of hydrogen-bond donors (Lipinski definition) is 0. The average Bonchev–Trinajstić information content (AvgIpc) is 2.25.